The van der Waals surface area contributed by atoms with E-state index in [2.05, 4.69) is 212 Å². The number of amides is 4. The van der Waals surface area contributed by atoms with E-state index < -0.39 is 56.4 Å². The normalized spacial score (nSPS) is 28.9. The molecule has 0 aromatic heterocycles. The van der Waals surface area contributed by atoms with Crippen molar-refractivity contribution in [3.8, 4) is 0 Å². The van der Waals surface area contributed by atoms with Gasteiger partial charge in [-0.25, -0.2) is 0 Å². The highest BCUT2D eigenvalue weighted by molar-refractivity contribution is 9.41. The molecule has 4 atom stereocenters. The van der Waals surface area contributed by atoms with Crippen molar-refractivity contribution >= 4 is 215 Å². The number of fused-ring (bicyclic) bond motifs is 2. The lowest BCUT2D eigenvalue weighted by molar-refractivity contribution is -0.125. The van der Waals surface area contributed by atoms with Crippen LogP contribution in [-0.4, -0.2) is 56.4 Å². The zero-order valence-electron chi connectivity index (χ0n) is 16.3. The molecule has 8 nitrogen and oxygen atoms in total. The van der Waals surface area contributed by atoms with E-state index in [1.807, 2.05) is 0 Å². The molecule has 4 amide bonds. The first-order chi connectivity index (χ1) is 15.5. The number of carbonyl (C=O) groups excluding carboxylic acids is 4. The summed E-state index contributed by atoms with van der Waals surface area (Å²) in [6.07, 6.45) is 0.491. The number of hydrogen-bond donors (Lipinski definition) is 4. The van der Waals surface area contributed by atoms with Gasteiger partial charge in [-0.15, -0.1) is 0 Å². The van der Waals surface area contributed by atoms with Crippen molar-refractivity contribution in [3.05, 3.63) is 0 Å². The molecule has 2 aliphatic rings. The topological polar surface area (TPSA) is 116 Å². The van der Waals surface area contributed by atoms with Crippen LogP contribution in [-0.2, 0) is 19.2 Å². The Hall–Kier alpha value is 3.64. The first kappa shape index (κ1) is 34.8. The van der Waals surface area contributed by atoms with E-state index in [0.717, 1.165) is 0 Å². The van der Waals surface area contributed by atoms with E-state index in [9.17, 15) is 19.2 Å². The molecular weight excluding hydrogens is 1260 g/mol. The Kier molecular flexibility index (Phi) is 12.8. The van der Waals surface area contributed by atoms with Crippen LogP contribution in [0.5, 0.6) is 0 Å². The van der Waals surface area contributed by atoms with Crippen molar-refractivity contribution in [1.29, 1.82) is 0 Å². The van der Waals surface area contributed by atoms with Crippen molar-refractivity contribution in [2.45, 2.75) is 39.2 Å². The zero-order chi connectivity index (χ0) is 27.3. The molecule has 0 saturated heterocycles. The molecule has 0 spiro atoms. The Morgan fingerprint density at radius 1 is 0.429 bits per heavy atom. The number of nitrogens with one attached hydrogen (secondary N) is 4. The molecule has 20 heteroatoms. The molecule has 4 N–H and O–H groups in total. The maximum absolute atomic E-state index is 12.8. The first-order valence-electron chi connectivity index (χ1n) is 9.06. The maximum atomic E-state index is 12.8. The third-order valence-corrected chi connectivity index (χ3v) is 9.71. The summed E-state index contributed by atoms with van der Waals surface area (Å²) in [6, 6.07) is -2.36. The van der Waals surface area contributed by atoms with E-state index >= 15 is 0 Å². The van der Waals surface area contributed by atoms with Crippen LogP contribution in [0.15, 0.2) is 0 Å². The fourth-order valence-electron chi connectivity index (χ4n) is 4.13. The molecule has 2 aliphatic carbocycles. The van der Waals surface area contributed by atoms with Crippen LogP contribution in [0.4, 0.5) is 0 Å². The predicted molar refractivity (Wildman–Crippen MR) is 177 cm³/mol. The summed E-state index contributed by atoms with van der Waals surface area (Å²) < 4.78 is -4.95. The van der Waals surface area contributed by atoms with Crippen molar-refractivity contribution in [3.63, 3.8) is 0 Å². The lowest BCUT2D eigenvalue weighted by atomic mass is 9.82. The number of hydrogen-bond acceptors (Lipinski definition) is 4. The van der Waals surface area contributed by atoms with Gasteiger partial charge in [-0.1, -0.05) is 0 Å². The van der Waals surface area contributed by atoms with Gasteiger partial charge in [0.2, 0.25) is 8.57 Å². The minimum atomic E-state index is -1.24. The Bertz CT molecular complexity index is 743. The molecule has 0 radical (unpaired) electrons. The minimum Gasteiger partial charge on any atom is -0.348 e. The van der Waals surface area contributed by atoms with Crippen molar-refractivity contribution in [2.75, 3.05) is 0 Å². The SMILES string of the molecule is O=C(NC1C2CC(C1NC(=O)C(Br)(Br)Br)C(NC(=O)C(Br)(Br)Br)C2NC(=O)C(Br)(Br)Br)C(Br)(Br)Br. The molecule has 35 heavy (non-hydrogen) atoms. The molecule has 0 aromatic rings. The van der Waals surface area contributed by atoms with E-state index in [4.69, 9.17) is 0 Å². The number of alkyl halides is 12. The van der Waals surface area contributed by atoms with Gasteiger partial charge >= 0.3 is 0 Å². The molecule has 0 aliphatic heterocycles. The van der Waals surface area contributed by atoms with Crippen LogP contribution in [0.3, 0.4) is 0 Å². The van der Waals surface area contributed by atoms with Crippen LogP contribution in [0.2, 0.25) is 0 Å². The standard InChI is InChI=1S/C15H12Br12N4O4/c16-12(17,18)8(32)28-4-2-1-3(6(4)30-10(34)14(22,23)24)7(31-11(35)15(25,26)27)5(2)29-9(33)13(19,20)21/h2-7H,1H2,(H,28,32)(H,29,33)(H,30,34)(H,31,35). The molecule has 2 fully saturated rings. The van der Waals surface area contributed by atoms with Crippen molar-refractivity contribution in [2.24, 2.45) is 11.8 Å². The van der Waals surface area contributed by atoms with Gasteiger partial charge in [-0.2, -0.15) is 0 Å². The molecule has 2 rings (SSSR count). The van der Waals surface area contributed by atoms with Gasteiger partial charge in [-0.3, -0.25) is 19.2 Å². The summed E-state index contributed by atoms with van der Waals surface area (Å²) >= 11 is 38.5. The summed E-state index contributed by atoms with van der Waals surface area (Å²) in [4.78, 5) is 51.3. The maximum Gasteiger partial charge on any atom is 0.259 e. The fraction of sp³-hybridized carbons (Fsp3) is 0.733. The third-order valence-electron chi connectivity index (χ3n) is 5.38. The van der Waals surface area contributed by atoms with E-state index in [1.54, 1.807) is 0 Å². The Balaban J connectivity index is 2.48. The molecule has 200 valence electrons. The van der Waals surface area contributed by atoms with Crippen molar-refractivity contribution in [1.82, 2.24) is 21.3 Å². The minimum absolute atomic E-state index is 0.348. The van der Waals surface area contributed by atoms with Crippen LogP contribution in [0, 0.1) is 11.8 Å². The van der Waals surface area contributed by atoms with Crippen LogP contribution >= 0.6 is 191 Å². The highest BCUT2D eigenvalue weighted by atomic mass is 80.0. The summed E-state index contributed by atoms with van der Waals surface area (Å²) in [7, 11) is 0. The van der Waals surface area contributed by atoms with Gasteiger partial charge in [0, 0.05) is 11.8 Å². The van der Waals surface area contributed by atoms with Gasteiger partial charge in [0.1, 0.15) is 0 Å². The highest BCUT2D eigenvalue weighted by Crippen LogP contribution is 2.48. The van der Waals surface area contributed by atoms with E-state index in [1.165, 1.54) is 0 Å². The average Bonchev–Trinajstić information content (AvgIpc) is 3.15. The number of halogens is 12. The van der Waals surface area contributed by atoms with Gasteiger partial charge in [0.15, 0.2) is 0 Å². The molecule has 0 aromatic carbocycles. The summed E-state index contributed by atoms with van der Waals surface area (Å²) in [5.41, 5.74) is 0. The molecule has 2 saturated carbocycles. The van der Waals surface area contributed by atoms with Gasteiger partial charge in [0.25, 0.3) is 23.6 Å². The molecule has 4 unspecified atom stereocenters. The Labute approximate surface area is 301 Å². The van der Waals surface area contributed by atoms with Crippen LogP contribution < -0.4 is 21.3 Å². The van der Waals surface area contributed by atoms with Gasteiger partial charge in [0.05, 0.1) is 24.2 Å². The monoisotopic (exact) mass is 1260 g/mol. The predicted octanol–water partition coefficient (Wildman–Crippen LogP) is 5.93. The van der Waals surface area contributed by atoms with E-state index in [0.29, 0.717) is 6.42 Å². The molecule has 0 heterocycles. The summed E-state index contributed by atoms with van der Waals surface area (Å²) in [5.74, 6) is -2.48. The van der Waals surface area contributed by atoms with Gasteiger partial charge in [-0.05, 0) is 198 Å². The second kappa shape index (κ2) is 12.9. The fourth-order valence-corrected chi connectivity index (χ4v) is 5.51. The van der Waals surface area contributed by atoms with E-state index in [-0.39, 0.29) is 11.8 Å². The molecular formula is C15H12Br12N4O4. The average molecular weight is 1270 g/mol. The number of carbonyl (C=O) groups is 4. The lowest BCUT2D eigenvalue weighted by Crippen LogP contribution is -2.69. The Morgan fingerprint density at radius 2 is 0.600 bits per heavy atom. The third kappa shape index (κ3) is 9.32. The zero-order valence-corrected chi connectivity index (χ0v) is 35.4. The molecule has 2 bridgehead atoms. The summed E-state index contributed by atoms with van der Waals surface area (Å²) in [6.45, 7) is 0. The smallest absolute Gasteiger partial charge is 0.259 e. The van der Waals surface area contributed by atoms with Gasteiger partial charge < -0.3 is 21.3 Å². The van der Waals surface area contributed by atoms with Crippen LogP contribution in [0.25, 0.3) is 0 Å². The summed E-state index contributed by atoms with van der Waals surface area (Å²) in [5, 5.41) is 11.7. The quantitative estimate of drug-likeness (QED) is 0.262. The second-order valence-electron chi connectivity index (χ2n) is 7.55. The van der Waals surface area contributed by atoms with Crippen molar-refractivity contribution < 1.29 is 19.2 Å². The lowest BCUT2D eigenvalue weighted by Gasteiger charge is -2.43. The Morgan fingerprint density at radius 3 is 0.743 bits per heavy atom. The first-order valence-corrected chi connectivity index (χ1v) is 18.6. The highest BCUT2D eigenvalue weighted by Gasteiger charge is 2.61. The number of rotatable bonds is 4. The second-order valence-corrected chi connectivity index (χ2v) is 34.6. The van der Waals surface area contributed by atoms with Crippen LogP contribution in [0.1, 0.15) is 6.42 Å². The largest absolute Gasteiger partial charge is 0.348 e.